The number of fused-ring (bicyclic) bond motifs is 3. The van der Waals surface area contributed by atoms with E-state index in [2.05, 4.69) is 52.3 Å². The van der Waals surface area contributed by atoms with Crippen molar-refractivity contribution in [1.82, 2.24) is 24.3 Å². The first-order valence-corrected chi connectivity index (χ1v) is 13.6. The molecule has 0 bridgehead atoms. The van der Waals surface area contributed by atoms with Gasteiger partial charge in [-0.15, -0.1) is 0 Å². The summed E-state index contributed by atoms with van der Waals surface area (Å²) in [4.78, 5) is 28.5. The Balaban J connectivity index is 1.41. The lowest BCUT2D eigenvalue weighted by Crippen LogP contribution is -2.49. The molecule has 1 aliphatic heterocycles. The van der Waals surface area contributed by atoms with Crippen LogP contribution in [0.2, 0.25) is 0 Å². The number of nitrogens with one attached hydrogen (secondary N) is 1. The van der Waals surface area contributed by atoms with Crippen molar-refractivity contribution in [1.29, 1.82) is 0 Å². The molecule has 3 aliphatic rings. The molecule has 2 saturated carbocycles. The molecule has 1 atom stereocenters. The van der Waals surface area contributed by atoms with E-state index in [-0.39, 0.29) is 11.6 Å². The fourth-order valence-electron chi connectivity index (χ4n) is 5.92. The maximum atomic E-state index is 14.0. The minimum Gasteiger partial charge on any atom is -0.354 e. The van der Waals surface area contributed by atoms with Gasteiger partial charge in [0.05, 0.1) is 0 Å². The smallest absolute Gasteiger partial charge is 0.260 e. The van der Waals surface area contributed by atoms with E-state index in [4.69, 9.17) is 4.98 Å². The number of rotatable bonds is 6. The molecule has 3 aromatic rings. The number of pyridine rings is 1. The minimum absolute atomic E-state index is 0.111. The molecule has 6 rings (SSSR count). The topological polar surface area (TPSA) is 66.3 Å². The number of nitrogens with zero attached hydrogens (tertiary/aromatic N) is 5. The van der Waals surface area contributed by atoms with Crippen molar-refractivity contribution in [3.8, 4) is 0 Å². The van der Waals surface area contributed by atoms with Crippen LogP contribution >= 0.6 is 0 Å². The van der Waals surface area contributed by atoms with Gasteiger partial charge in [-0.3, -0.25) is 14.3 Å². The molecule has 1 saturated heterocycles. The summed E-state index contributed by atoms with van der Waals surface area (Å²) in [7, 11) is 2.20. The zero-order valence-electron chi connectivity index (χ0n) is 21.2. The average Bonchev–Trinajstić information content (AvgIpc) is 3.70. The van der Waals surface area contributed by atoms with Gasteiger partial charge in [-0.05, 0) is 62.6 Å². The van der Waals surface area contributed by atoms with Gasteiger partial charge in [0.25, 0.3) is 5.56 Å². The quantitative estimate of drug-likeness (QED) is 0.534. The molecule has 35 heavy (non-hydrogen) atoms. The zero-order chi connectivity index (χ0) is 23.9. The highest BCUT2D eigenvalue weighted by molar-refractivity contribution is 6.04. The monoisotopic (exact) mass is 474 g/mol. The number of benzene rings is 1. The summed E-state index contributed by atoms with van der Waals surface area (Å²) in [5.74, 6) is 1.39. The van der Waals surface area contributed by atoms with Crippen molar-refractivity contribution in [3.63, 3.8) is 0 Å². The van der Waals surface area contributed by atoms with Gasteiger partial charge in [0, 0.05) is 61.8 Å². The maximum absolute atomic E-state index is 14.0. The molecule has 7 heteroatoms. The molecule has 1 aromatic carbocycles. The Hall–Kier alpha value is -2.51. The number of anilines is 1. The molecular formula is C28H38N6O. The standard InChI is InChI=1S/C28H38N6O/c1-19-17-33(13-12-32(19)2)18-21-10-11-23-24(14-21)27(35)34(22-6-4-3-5-7-22)26-25(23)16-30-28(31-26)29-15-20-8-9-20/h10-11,14,16,19-20,22H,3-9,12-13,15,17-18H2,1-2H3,(H,29,30,31)/t19-/m1/s1. The highest BCUT2D eigenvalue weighted by Crippen LogP contribution is 2.32. The average molecular weight is 475 g/mol. The summed E-state index contributed by atoms with van der Waals surface area (Å²) < 4.78 is 2.02. The lowest BCUT2D eigenvalue weighted by atomic mass is 9.94. The van der Waals surface area contributed by atoms with E-state index in [1.54, 1.807) is 0 Å². The first-order valence-electron chi connectivity index (χ1n) is 13.6. The van der Waals surface area contributed by atoms with E-state index in [1.807, 2.05) is 10.8 Å². The fourth-order valence-corrected chi connectivity index (χ4v) is 5.92. The minimum atomic E-state index is 0.111. The van der Waals surface area contributed by atoms with Gasteiger partial charge in [0.15, 0.2) is 0 Å². The Bertz CT molecular complexity index is 1280. The van der Waals surface area contributed by atoms with E-state index >= 15 is 0 Å². The predicted molar refractivity (Wildman–Crippen MR) is 142 cm³/mol. The van der Waals surface area contributed by atoms with E-state index in [0.29, 0.717) is 12.0 Å². The highest BCUT2D eigenvalue weighted by atomic mass is 16.1. The van der Waals surface area contributed by atoms with Gasteiger partial charge in [-0.1, -0.05) is 31.4 Å². The lowest BCUT2D eigenvalue weighted by Gasteiger charge is -2.37. The van der Waals surface area contributed by atoms with Crippen molar-refractivity contribution < 1.29 is 0 Å². The number of hydrogen-bond donors (Lipinski definition) is 1. The molecule has 7 nitrogen and oxygen atoms in total. The number of hydrogen-bond acceptors (Lipinski definition) is 6. The third-order valence-electron chi connectivity index (χ3n) is 8.46. The Kier molecular flexibility index (Phi) is 6.23. The number of likely N-dealkylation sites (N-methyl/N-ethyl adjacent to an activating group) is 1. The van der Waals surface area contributed by atoms with E-state index in [9.17, 15) is 4.79 Å². The van der Waals surface area contributed by atoms with Gasteiger partial charge in [0.1, 0.15) is 5.65 Å². The Labute approximate surface area is 207 Å². The van der Waals surface area contributed by atoms with Crippen LogP contribution < -0.4 is 10.9 Å². The van der Waals surface area contributed by atoms with Gasteiger partial charge < -0.3 is 10.2 Å². The van der Waals surface area contributed by atoms with Gasteiger partial charge in [-0.25, -0.2) is 4.98 Å². The summed E-state index contributed by atoms with van der Waals surface area (Å²) in [5.41, 5.74) is 2.12. The molecule has 1 N–H and O–H groups in total. The van der Waals surface area contributed by atoms with Crippen LogP contribution in [-0.2, 0) is 6.54 Å². The van der Waals surface area contributed by atoms with Crippen LogP contribution in [0, 0.1) is 5.92 Å². The van der Waals surface area contributed by atoms with Gasteiger partial charge in [0.2, 0.25) is 5.95 Å². The Morgan fingerprint density at radius 3 is 2.63 bits per heavy atom. The van der Waals surface area contributed by atoms with Crippen LogP contribution in [0.3, 0.4) is 0 Å². The molecule has 3 fully saturated rings. The highest BCUT2D eigenvalue weighted by Gasteiger charge is 2.25. The normalized spacial score (nSPS) is 22.7. The maximum Gasteiger partial charge on any atom is 0.260 e. The van der Waals surface area contributed by atoms with Gasteiger partial charge in [-0.2, -0.15) is 4.98 Å². The summed E-state index contributed by atoms with van der Waals surface area (Å²) in [6.45, 7) is 7.30. The Morgan fingerprint density at radius 1 is 1.03 bits per heavy atom. The van der Waals surface area contributed by atoms with Crippen LogP contribution in [0.15, 0.2) is 29.2 Å². The molecule has 2 aromatic heterocycles. The Morgan fingerprint density at radius 2 is 1.86 bits per heavy atom. The number of piperazine rings is 1. The third kappa shape index (κ3) is 4.68. The molecule has 0 unspecified atom stereocenters. The number of aromatic nitrogens is 3. The molecule has 2 aliphatic carbocycles. The molecule has 3 heterocycles. The van der Waals surface area contributed by atoms with Crippen molar-refractivity contribution >= 4 is 27.8 Å². The van der Waals surface area contributed by atoms with E-state index in [1.165, 1.54) is 37.7 Å². The second kappa shape index (κ2) is 9.51. The summed E-state index contributed by atoms with van der Waals surface area (Å²) >= 11 is 0. The van der Waals surface area contributed by atoms with Crippen molar-refractivity contribution in [3.05, 3.63) is 40.3 Å². The van der Waals surface area contributed by atoms with E-state index < -0.39 is 0 Å². The van der Waals surface area contributed by atoms with Crippen molar-refractivity contribution in [2.24, 2.45) is 5.92 Å². The summed E-state index contributed by atoms with van der Waals surface area (Å²) in [6.07, 6.45) is 10.2. The first-order chi connectivity index (χ1) is 17.1. The lowest BCUT2D eigenvalue weighted by molar-refractivity contribution is 0.100. The molecular weight excluding hydrogens is 436 g/mol. The summed E-state index contributed by atoms with van der Waals surface area (Å²) in [5, 5.41) is 6.18. The van der Waals surface area contributed by atoms with Gasteiger partial charge >= 0.3 is 0 Å². The second-order valence-electron chi connectivity index (χ2n) is 11.2. The third-order valence-corrected chi connectivity index (χ3v) is 8.46. The predicted octanol–water partition coefficient (Wildman–Crippen LogP) is 4.41. The van der Waals surface area contributed by atoms with Crippen LogP contribution in [0.4, 0.5) is 5.95 Å². The van der Waals surface area contributed by atoms with Crippen LogP contribution in [0.1, 0.15) is 63.5 Å². The molecule has 0 spiro atoms. The van der Waals surface area contributed by atoms with Crippen molar-refractivity contribution in [2.75, 3.05) is 38.5 Å². The van der Waals surface area contributed by atoms with Crippen LogP contribution in [0.5, 0.6) is 0 Å². The fraction of sp³-hybridized carbons (Fsp3) is 0.607. The molecule has 186 valence electrons. The SMILES string of the molecule is C[C@@H]1CN(Cc2ccc3c(c2)c(=O)n(C2CCCCC2)c2nc(NCC4CC4)ncc32)CCN1C. The van der Waals surface area contributed by atoms with Crippen LogP contribution in [-0.4, -0.2) is 63.6 Å². The molecule has 0 radical (unpaired) electrons. The largest absolute Gasteiger partial charge is 0.354 e. The molecule has 0 amide bonds. The van der Waals surface area contributed by atoms with Crippen LogP contribution in [0.25, 0.3) is 21.8 Å². The van der Waals surface area contributed by atoms with Crippen molar-refractivity contribution in [2.45, 2.75) is 70.5 Å². The first kappa shape index (κ1) is 22.9. The summed E-state index contributed by atoms with van der Waals surface area (Å²) in [6, 6.07) is 7.22. The van der Waals surface area contributed by atoms with E-state index in [0.717, 1.165) is 73.3 Å². The zero-order valence-corrected chi connectivity index (χ0v) is 21.2. The second-order valence-corrected chi connectivity index (χ2v) is 11.2.